The highest BCUT2D eigenvalue weighted by Crippen LogP contribution is 2.23. The van der Waals surface area contributed by atoms with Gasteiger partial charge in [0.05, 0.1) is 17.6 Å². The van der Waals surface area contributed by atoms with Gasteiger partial charge in [0.25, 0.3) is 0 Å². The van der Waals surface area contributed by atoms with Gasteiger partial charge in [0.2, 0.25) is 5.91 Å². The predicted octanol–water partition coefficient (Wildman–Crippen LogP) is 3.57. The van der Waals surface area contributed by atoms with Crippen molar-refractivity contribution in [3.05, 3.63) is 72.4 Å². The Labute approximate surface area is 173 Å². The standard InChI is InChI=1S/C21H18ClN5O2/c1-2-20(28)27-12-14(13-27)7-17-10-23-11-19(26-17)15-8-24-21(25-9-15)29-18-5-3-16(22)4-6-18/h2-6,8-11,14H,1,7,12-13H2. The maximum atomic E-state index is 11.5. The molecule has 0 bridgehead atoms. The molecule has 1 aliphatic rings. The van der Waals surface area contributed by atoms with Crippen LogP contribution in [0.25, 0.3) is 11.3 Å². The van der Waals surface area contributed by atoms with E-state index in [1.54, 1.807) is 54.0 Å². The van der Waals surface area contributed by atoms with Crippen molar-refractivity contribution in [3.63, 3.8) is 0 Å². The van der Waals surface area contributed by atoms with Crippen LogP contribution < -0.4 is 4.74 Å². The summed E-state index contributed by atoms with van der Waals surface area (Å²) in [5.41, 5.74) is 2.32. The SMILES string of the molecule is C=CC(=O)N1CC(Cc2cncc(-c3cnc(Oc4ccc(Cl)cc4)nc3)n2)C1. The van der Waals surface area contributed by atoms with Gasteiger partial charge in [0.15, 0.2) is 0 Å². The summed E-state index contributed by atoms with van der Waals surface area (Å²) in [6.45, 7) is 4.95. The van der Waals surface area contributed by atoms with E-state index in [0.29, 0.717) is 22.4 Å². The third-order valence-corrected chi connectivity index (χ3v) is 4.82. The molecule has 1 amide bonds. The fourth-order valence-corrected chi connectivity index (χ4v) is 3.18. The largest absolute Gasteiger partial charge is 0.424 e. The van der Waals surface area contributed by atoms with E-state index < -0.39 is 0 Å². The van der Waals surface area contributed by atoms with Crippen LogP contribution in [0.2, 0.25) is 5.02 Å². The van der Waals surface area contributed by atoms with Crippen molar-refractivity contribution in [2.75, 3.05) is 13.1 Å². The number of benzene rings is 1. The molecule has 0 aliphatic carbocycles. The van der Waals surface area contributed by atoms with Crippen molar-refractivity contribution in [1.82, 2.24) is 24.8 Å². The van der Waals surface area contributed by atoms with Gasteiger partial charge in [-0.3, -0.25) is 9.78 Å². The number of carbonyl (C=O) groups excluding carboxylic acids is 1. The highest BCUT2D eigenvalue weighted by atomic mass is 35.5. The monoisotopic (exact) mass is 407 g/mol. The van der Waals surface area contributed by atoms with E-state index in [-0.39, 0.29) is 11.9 Å². The Kier molecular flexibility index (Phi) is 5.48. The van der Waals surface area contributed by atoms with E-state index in [1.165, 1.54) is 6.08 Å². The fourth-order valence-electron chi connectivity index (χ4n) is 3.06. The molecule has 1 aliphatic heterocycles. The first-order valence-corrected chi connectivity index (χ1v) is 9.46. The number of rotatable bonds is 6. The summed E-state index contributed by atoms with van der Waals surface area (Å²) in [6, 6.07) is 7.21. The Hall–Kier alpha value is -3.32. The lowest BCUT2D eigenvalue weighted by Gasteiger charge is -2.38. The number of ether oxygens (including phenoxy) is 1. The van der Waals surface area contributed by atoms with Crippen molar-refractivity contribution >= 4 is 17.5 Å². The van der Waals surface area contributed by atoms with Gasteiger partial charge >= 0.3 is 6.01 Å². The van der Waals surface area contributed by atoms with Gasteiger partial charge in [0.1, 0.15) is 5.75 Å². The molecule has 3 heterocycles. The minimum Gasteiger partial charge on any atom is -0.424 e. The minimum absolute atomic E-state index is 0.0286. The maximum Gasteiger partial charge on any atom is 0.321 e. The summed E-state index contributed by atoms with van der Waals surface area (Å²) < 4.78 is 5.61. The summed E-state index contributed by atoms with van der Waals surface area (Å²) in [6.07, 6.45) is 8.84. The minimum atomic E-state index is -0.0286. The van der Waals surface area contributed by atoms with E-state index in [2.05, 4.69) is 26.5 Å². The molecule has 0 radical (unpaired) electrons. The zero-order valence-electron chi connectivity index (χ0n) is 15.5. The van der Waals surface area contributed by atoms with E-state index in [9.17, 15) is 4.79 Å². The van der Waals surface area contributed by atoms with Crippen molar-refractivity contribution < 1.29 is 9.53 Å². The molecule has 1 aromatic carbocycles. The number of likely N-dealkylation sites (tertiary alicyclic amines) is 1. The molecule has 146 valence electrons. The third-order valence-electron chi connectivity index (χ3n) is 4.57. The molecule has 3 aromatic rings. The average Bonchev–Trinajstić information content (AvgIpc) is 2.72. The quantitative estimate of drug-likeness (QED) is 0.581. The Morgan fingerprint density at radius 3 is 2.59 bits per heavy atom. The molecule has 0 N–H and O–H groups in total. The number of aromatic nitrogens is 4. The number of nitrogens with zero attached hydrogens (tertiary/aromatic N) is 5. The molecule has 4 rings (SSSR count). The van der Waals surface area contributed by atoms with Crippen LogP contribution in [0.15, 0.2) is 61.7 Å². The van der Waals surface area contributed by atoms with E-state index in [0.717, 1.165) is 30.8 Å². The van der Waals surface area contributed by atoms with Crippen LogP contribution in [0.1, 0.15) is 5.69 Å². The molecule has 29 heavy (non-hydrogen) atoms. The smallest absolute Gasteiger partial charge is 0.321 e. The molecule has 0 saturated carbocycles. The highest BCUT2D eigenvalue weighted by molar-refractivity contribution is 6.30. The van der Waals surface area contributed by atoms with Crippen molar-refractivity contribution in [3.8, 4) is 23.0 Å². The number of carbonyl (C=O) groups is 1. The second-order valence-electron chi connectivity index (χ2n) is 6.72. The van der Waals surface area contributed by atoms with Crippen LogP contribution in [0.5, 0.6) is 11.8 Å². The molecule has 1 fully saturated rings. The summed E-state index contributed by atoms with van der Waals surface area (Å²) in [5.74, 6) is 0.961. The topological polar surface area (TPSA) is 81.1 Å². The summed E-state index contributed by atoms with van der Waals surface area (Å²) in [7, 11) is 0. The normalized spacial score (nSPS) is 13.6. The number of hydrogen-bond acceptors (Lipinski definition) is 6. The van der Waals surface area contributed by atoms with Crippen LogP contribution in [-0.2, 0) is 11.2 Å². The van der Waals surface area contributed by atoms with Crippen LogP contribution in [0, 0.1) is 5.92 Å². The lowest BCUT2D eigenvalue weighted by atomic mass is 9.94. The van der Waals surface area contributed by atoms with E-state index >= 15 is 0 Å². The molecule has 0 spiro atoms. The van der Waals surface area contributed by atoms with Crippen LogP contribution >= 0.6 is 11.6 Å². The molecule has 0 atom stereocenters. The van der Waals surface area contributed by atoms with Gasteiger partial charge in [-0.15, -0.1) is 0 Å². The highest BCUT2D eigenvalue weighted by Gasteiger charge is 2.29. The first-order valence-electron chi connectivity index (χ1n) is 9.09. The molecule has 0 unspecified atom stereocenters. The van der Waals surface area contributed by atoms with Crippen LogP contribution in [-0.4, -0.2) is 43.8 Å². The summed E-state index contributed by atoms with van der Waals surface area (Å²) >= 11 is 5.87. The molecule has 2 aromatic heterocycles. The van der Waals surface area contributed by atoms with Gasteiger partial charge in [0, 0.05) is 42.3 Å². The van der Waals surface area contributed by atoms with Gasteiger partial charge in [-0.2, -0.15) is 0 Å². The summed E-state index contributed by atoms with van der Waals surface area (Å²) in [4.78, 5) is 30.7. The van der Waals surface area contributed by atoms with E-state index in [1.807, 2.05) is 0 Å². The Morgan fingerprint density at radius 1 is 1.17 bits per heavy atom. The first-order chi connectivity index (χ1) is 14.1. The molecule has 7 nitrogen and oxygen atoms in total. The number of hydrogen-bond donors (Lipinski definition) is 0. The second kappa shape index (κ2) is 8.36. The average molecular weight is 408 g/mol. The zero-order chi connectivity index (χ0) is 20.2. The zero-order valence-corrected chi connectivity index (χ0v) is 16.3. The van der Waals surface area contributed by atoms with Crippen molar-refractivity contribution in [2.45, 2.75) is 6.42 Å². The van der Waals surface area contributed by atoms with Crippen molar-refractivity contribution in [1.29, 1.82) is 0 Å². The van der Waals surface area contributed by atoms with Gasteiger partial charge in [-0.1, -0.05) is 18.2 Å². The molecule has 8 heteroatoms. The van der Waals surface area contributed by atoms with Gasteiger partial charge in [-0.25, -0.2) is 15.0 Å². The molecular weight excluding hydrogens is 390 g/mol. The predicted molar refractivity (Wildman–Crippen MR) is 109 cm³/mol. The van der Waals surface area contributed by atoms with Crippen molar-refractivity contribution in [2.24, 2.45) is 5.92 Å². The fraction of sp³-hybridized carbons (Fsp3) is 0.190. The van der Waals surface area contributed by atoms with Crippen LogP contribution in [0.4, 0.5) is 0 Å². The molecular formula is C21H18ClN5O2. The van der Waals surface area contributed by atoms with Crippen LogP contribution in [0.3, 0.4) is 0 Å². The van der Waals surface area contributed by atoms with E-state index in [4.69, 9.17) is 16.3 Å². The number of halogens is 1. The lowest BCUT2D eigenvalue weighted by molar-refractivity contribution is -0.132. The number of amides is 1. The first kappa shape index (κ1) is 19.0. The van der Waals surface area contributed by atoms with Gasteiger partial charge in [-0.05, 0) is 42.7 Å². The Morgan fingerprint density at radius 2 is 1.90 bits per heavy atom. The van der Waals surface area contributed by atoms with Gasteiger partial charge < -0.3 is 9.64 Å². The summed E-state index contributed by atoms with van der Waals surface area (Å²) in [5, 5.41) is 0.633. The third kappa shape index (κ3) is 4.57. The Bertz CT molecular complexity index is 1020. The maximum absolute atomic E-state index is 11.5. The molecule has 1 saturated heterocycles. The lowest BCUT2D eigenvalue weighted by Crippen LogP contribution is -2.50. The second-order valence-corrected chi connectivity index (χ2v) is 7.16. The Balaban J connectivity index is 1.40.